The van der Waals surface area contributed by atoms with Crippen LogP contribution in [0.25, 0.3) is 0 Å². The molecule has 1 aliphatic rings. The second-order valence-electron chi connectivity index (χ2n) is 3.52. The maximum atomic E-state index is 3.45. The highest BCUT2D eigenvalue weighted by atomic mass is 15.5. The lowest BCUT2D eigenvalue weighted by Crippen LogP contribution is -2.53. The van der Waals surface area contributed by atoms with E-state index in [0.29, 0.717) is 12.1 Å². The van der Waals surface area contributed by atoms with Gasteiger partial charge in [-0.3, -0.25) is 10.4 Å². The van der Waals surface area contributed by atoms with Crippen molar-refractivity contribution in [3.8, 4) is 0 Å². The standard InChI is InChI=1S/C8H19N3/c1-7-8(10-11(2)3)5-4-6-9-7/h7-10H,4-6H2,1-3H3. The molecule has 1 rings (SSSR count). The van der Waals surface area contributed by atoms with Crippen LogP contribution in [0.1, 0.15) is 19.8 Å². The van der Waals surface area contributed by atoms with E-state index in [-0.39, 0.29) is 0 Å². The van der Waals surface area contributed by atoms with E-state index in [0.717, 1.165) is 0 Å². The van der Waals surface area contributed by atoms with Gasteiger partial charge < -0.3 is 5.32 Å². The Bertz CT molecular complexity index is 114. The molecule has 3 heteroatoms. The summed E-state index contributed by atoms with van der Waals surface area (Å²) in [5.74, 6) is 0. The Morgan fingerprint density at radius 3 is 2.73 bits per heavy atom. The summed E-state index contributed by atoms with van der Waals surface area (Å²) in [4.78, 5) is 0. The molecule has 0 bridgehead atoms. The lowest BCUT2D eigenvalue weighted by Gasteiger charge is -2.32. The first kappa shape index (κ1) is 8.97. The summed E-state index contributed by atoms with van der Waals surface area (Å²) in [5, 5.41) is 5.48. The second-order valence-corrected chi connectivity index (χ2v) is 3.52. The molecule has 3 nitrogen and oxygen atoms in total. The van der Waals surface area contributed by atoms with Gasteiger partial charge in [-0.05, 0) is 26.3 Å². The van der Waals surface area contributed by atoms with Gasteiger partial charge in [0.2, 0.25) is 0 Å². The quantitative estimate of drug-likeness (QED) is 0.560. The third kappa shape index (κ3) is 2.77. The Balaban J connectivity index is 2.29. The molecule has 0 saturated carbocycles. The molecule has 1 fully saturated rings. The van der Waals surface area contributed by atoms with Crippen LogP contribution in [-0.2, 0) is 0 Å². The second kappa shape index (κ2) is 4.04. The summed E-state index contributed by atoms with van der Waals surface area (Å²) in [7, 11) is 4.09. The Kier molecular flexibility index (Phi) is 3.30. The largest absolute Gasteiger partial charge is 0.313 e. The van der Waals surface area contributed by atoms with Gasteiger partial charge in [0.15, 0.2) is 0 Å². The summed E-state index contributed by atoms with van der Waals surface area (Å²) in [6.07, 6.45) is 2.57. The fourth-order valence-corrected chi connectivity index (χ4v) is 1.55. The van der Waals surface area contributed by atoms with Crippen molar-refractivity contribution < 1.29 is 0 Å². The smallest absolute Gasteiger partial charge is 0.0366 e. The van der Waals surface area contributed by atoms with Crippen LogP contribution in [0.3, 0.4) is 0 Å². The summed E-state index contributed by atoms with van der Waals surface area (Å²) in [6, 6.07) is 1.21. The summed E-state index contributed by atoms with van der Waals surface area (Å²) < 4.78 is 0. The fourth-order valence-electron chi connectivity index (χ4n) is 1.55. The molecule has 2 N–H and O–H groups in total. The van der Waals surface area contributed by atoms with Gasteiger partial charge in [0, 0.05) is 26.2 Å². The molecule has 1 heterocycles. The van der Waals surface area contributed by atoms with E-state index >= 15 is 0 Å². The molecule has 0 aromatic carbocycles. The molecule has 0 spiro atoms. The highest BCUT2D eigenvalue weighted by Gasteiger charge is 2.20. The van der Waals surface area contributed by atoms with Crippen LogP contribution in [0.2, 0.25) is 0 Å². The van der Waals surface area contributed by atoms with Crippen LogP contribution in [0, 0.1) is 0 Å². The summed E-state index contributed by atoms with van der Waals surface area (Å²) in [6.45, 7) is 3.41. The maximum Gasteiger partial charge on any atom is 0.0366 e. The molecule has 2 unspecified atom stereocenters. The van der Waals surface area contributed by atoms with Crippen molar-refractivity contribution in [1.29, 1.82) is 0 Å². The van der Waals surface area contributed by atoms with Gasteiger partial charge >= 0.3 is 0 Å². The highest BCUT2D eigenvalue weighted by molar-refractivity contribution is 4.81. The number of nitrogens with zero attached hydrogens (tertiary/aromatic N) is 1. The molecule has 0 aromatic rings. The lowest BCUT2D eigenvalue weighted by atomic mass is 10.0. The Morgan fingerprint density at radius 1 is 1.45 bits per heavy atom. The van der Waals surface area contributed by atoms with E-state index in [2.05, 4.69) is 17.7 Å². The predicted molar refractivity (Wildman–Crippen MR) is 47.3 cm³/mol. The van der Waals surface area contributed by atoms with Gasteiger partial charge in [0.1, 0.15) is 0 Å². The zero-order valence-electron chi connectivity index (χ0n) is 7.72. The zero-order chi connectivity index (χ0) is 8.27. The van der Waals surface area contributed by atoms with Crippen LogP contribution >= 0.6 is 0 Å². The van der Waals surface area contributed by atoms with E-state index in [1.165, 1.54) is 19.4 Å². The molecule has 11 heavy (non-hydrogen) atoms. The monoisotopic (exact) mass is 157 g/mol. The highest BCUT2D eigenvalue weighted by Crippen LogP contribution is 2.07. The third-order valence-corrected chi connectivity index (χ3v) is 2.19. The normalized spacial score (nSPS) is 32.7. The Labute approximate surface area is 69.1 Å². The molecule has 1 aliphatic heterocycles. The number of hydrazine groups is 1. The van der Waals surface area contributed by atoms with Gasteiger partial charge in [-0.25, -0.2) is 0 Å². The predicted octanol–water partition coefficient (Wildman–Crippen LogP) is 0.193. The SMILES string of the molecule is CC1NCCCC1NN(C)C. The number of nitrogens with one attached hydrogen (secondary N) is 2. The number of piperidine rings is 1. The van der Waals surface area contributed by atoms with Crippen molar-refractivity contribution in [3.63, 3.8) is 0 Å². The first-order valence-corrected chi connectivity index (χ1v) is 4.37. The topological polar surface area (TPSA) is 27.3 Å². The number of rotatable bonds is 2. The van der Waals surface area contributed by atoms with Gasteiger partial charge in [0.25, 0.3) is 0 Å². The average molecular weight is 157 g/mol. The Hall–Kier alpha value is -0.120. The van der Waals surface area contributed by atoms with Crippen LogP contribution < -0.4 is 10.7 Å². The van der Waals surface area contributed by atoms with Gasteiger partial charge in [-0.15, -0.1) is 0 Å². The van der Waals surface area contributed by atoms with Crippen molar-refractivity contribution >= 4 is 0 Å². The van der Waals surface area contributed by atoms with Gasteiger partial charge in [-0.2, -0.15) is 0 Å². The van der Waals surface area contributed by atoms with E-state index in [9.17, 15) is 0 Å². The Morgan fingerprint density at radius 2 is 2.18 bits per heavy atom. The minimum atomic E-state index is 0.603. The van der Waals surface area contributed by atoms with E-state index in [4.69, 9.17) is 0 Å². The maximum absolute atomic E-state index is 3.45. The molecular formula is C8H19N3. The summed E-state index contributed by atoms with van der Waals surface area (Å²) >= 11 is 0. The third-order valence-electron chi connectivity index (χ3n) is 2.19. The van der Waals surface area contributed by atoms with E-state index < -0.39 is 0 Å². The number of hydrogen-bond acceptors (Lipinski definition) is 3. The van der Waals surface area contributed by atoms with Crippen molar-refractivity contribution in [1.82, 2.24) is 15.8 Å². The first-order chi connectivity index (χ1) is 5.20. The van der Waals surface area contributed by atoms with Crippen molar-refractivity contribution in [3.05, 3.63) is 0 Å². The molecule has 2 atom stereocenters. The molecule has 0 aliphatic carbocycles. The molecule has 0 radical (unpaired) electrons. The van der Waals surface area contributed by atoms with Gasteiger partial charge in [0.05, 0.1) is 0 Å². The molecule has 0 aromatic heterocycles. The molecular weight excluding hydrogens is 138 g/mol. The van der Waals surface area contributed by atoms with Crippen molar-refractivity contribution in [2.24, 2.45) is 0 Å². The minimum absolute atomic E-state index is 0.603. The lowest BCUT2D eigenvalue weighted by molar-refractivity contribution is 0.186. The fraction of sp³-hybridized carbons (Fsp3) is 1.00. The van der Waals surface area contributed by atoms with Crippen LogP contribution in [0.15, 0.2) is 0 Å². The van der Waals surface area contributed by atoms with Crippen molar-refractivity contribution in [2.75, 3.05) is 20.6 Å². The van der Waals surface area contributed by atoms with Crippen LogP contribution in [-0.4, -0.2) is 37.7 Å². The molecule has 66 valence electrons. The zero-order valence-corrected chi connectivity index (χ0v) is 7.72. The van der Waals surface area contributed by atoms with Gasteiger partial charge in [-0.1, -0.05) is 0 Å². The first-order valence-electron chi connectivity index (χ1n) is 4.37. The molecule has 1 saturated heterocycles. The van der Waals surface area contributed by atoms with E-state index in [1.54, 1.807) is 0 Å². The minimum Gasteiger partial charge on any atom is -0.313 e. The summed E-state index contributed by atoms with van der Waals surface area (Å²) in [5.41, 5.74) is 3.40. The average Bonchev–Trinajstić information content (AvgIpc) is 1.93. The number of hydrogen-bond donors (Lipinski definition) is 2. The van der Waals surface area contributed by atoms with E-state index in [1.807, 2.05) is 19.1 Å². The van der Waals surface area contributed by atoms with Crippen LogP contribution in [0.5, 0.6) is 0 Å². The van der Waals surface area contributed by atoms with Crippen LogP contribution in [0.4, 0.5) is 0 Å². The van der Waals surface area contributed by atoms with Crippen molar-refractivity contribution in [2.45, 2.75) is 31.8 Å². The molecule has 0 amide bonds.